The summed E-state index contributed by atoms with van der Waals surface area (Å²) in [5.74, 6) is -6.30. The van der Waals surface area contributed by atoms with Crippen molar-refractivity contribution in [1.82, 2.24) is 0 Å². The molecule has 0 unspecified atom stereocenters. The molecule has 1 aliphatic rings. The first-order valence-electron chi connectivity index (χ1n) is 9.58. The molecule has 7 nitrogen and oxygen atoms in total. The first-order chi connectivity index (χ1) is 15.4. The lowest BCUT2D eigenvalue weighted by Gasteiger charge is -2.44. The number of aliphatic hydroxyl groups excluding tert-OH is 1. The Morgan fingerprint density at radius 1 is 0.969 bits per heavy atom. The number of hydrogen-bond donors (Lipinski definition) is 1. The van der Waals surface area contributed by atoms with Crippen LogP contribution in [-0.4, -0.2) is 31.3 Å². The number of carbonyl (C=O) groups excluding carboxylic acids is 2. The minimum atomic E-state index is -1.97. The van der Waals surface area contributed by atoms with Crippen molar-refractivity contribution < 1.29 is 24.2 Å². The van der Waals surface area contributed by atoms with Gasteiger partial charge in [0.25, 0.3) is 0 Å². The van der Waals surface area contributed by atoms with E-state index >= 15 is 0 Å². The minimum Gasteiger partial charge on any atom is -0.511 e. The molecule has 0 fully saturated rings. The van der Waals surface area contributed by atoms with Crippen LogP contribution in [0.3, 0.4) is 0 Å². The predicted octanol–water partition coefficient (Wildman–Crippen LogP) is 4.03. The van der Waals surface area contributed by atoms with Gasteiger partial charge < -0.3 is 14.6 Å². The Hall–Kier alpha value is -3.81. The average molecular weight is 451 g/mol. The zero-order valence-electron chi connectivity index (χ0n) is 17.3. The highest BCUT2D eigenvalue weighted by molar-refractivity contribution is 6.30. The third kappa shape index (κ3) is 3.57. The molecule has 162 valence electrons. The Morgan fingerprint density at radius 3 is 2.06 bits per heavy atom. The van der Waals surface area contributed by atoms with Crippen LogP contribution in [0.25, 0.3) is 0 Å². The Bertz CT molecular complexity index is 1130. The summed E-state index contributed by atoms with van der Waals surface area (Å²) in [6.45, 7) is 0. The fourth-order valence-corrected chi connectivity index (χ4v) is 4.47. The molecule has 0 saturated carbocycles. The number of methoxy groups -OCH3 is 2. The normalized spacial score (nSPS) is 21.7. The number of aliphatic hydroxyl groups is 1. The summed E-state index contributed by atoms with van der Waals surface area (Å²) < 4.78 is 9.76. The zero-order chi connectivity index (χ0) is 23.5. The van der Waals surface area contributed by atoms with Crippen LogP contribution in [0.1, 0.15) is 23.0 Å². The molecule has 0 bridgehead atoms. The summed E-state index contributed by atoms with van der Waals surface area (Å²) in [5.41, 5.74) is -1.46. The number of carbonyl (C=O) groups is 2. The van der Waals surface area contributed by atoms with Crippen LogP contribution in [0, 0.1) is 34.0 Å². The summed E-state index contributed by atoms with van der Waals surface area (Å²) in [6, 6.07) is 18.8. The molecule has 0 amide bonds. The van der Waals surface area contributed by atoms with Crippen molar-refractivity contribution in [2.75, 3.05) is 14.2 Å². The topological polar surface area (TPSA) is 120 Å². The largest absolute Gasteiger partial charge is 0.511 e. The molecular formula is C24H19ClN2O5. The van der Waals surface area contributed by atoms with Crippen molar-refractivity contribution in [3.05, 3.63) is 82.1 Å². The molecule has 1 aliphatic carbocycles. The number of ether oxygens (including phenoxy) is 2. The van der Waals surface area contributed by atoms with Crippen LogP contribution in [-0.2, 0) is 19.1 Å². The Morgan fingerprint density at radius 2 is 1.56 bits per heavy atom. The number of hydrogen-bond acceptors (Lipinski definition) is 7. The predicted molar refractivity (Wildman–Crippen MR) is 114 cm³/mol. The second-order valence-electron chi connectivity index (χ2n) is 7.26. The van der Waals surface area contributed by atoms with Crippen molar-refractivity contribution >= 4 is 23.5 Å². The van der Waals surface area contributed by atoms with Gasteiger partial charge in [-0.15, -0.1) is 0 Å². The van der Waals surface area contributed by atoms with Gasteiger partial charge in [-0.2, -0.15) is 10.5 Å². The van der Waals surface area contributed by atoms with Gasteiger partial charge in [-0.05, 0) is 23.3 Å². The van der Waals surface area contributed by atoms with Crippen molar-refractivity contribution in [3.8, 4) is 12.1 Å². The van der Waals surface area contributed by atoms with Gasteiger partial charge in [0.15, 0.2) is 5.41 Å². The molecule has 0 saturated heterocycles. The first kappa shape index (κ1) is 22.9. The molecule has 32 heavy (non-hydrogen) atoms. The van der Waals surface area contributed by atoms with Crippen molar-refractivity contribution in [2.24, 2.45) is 11.3 Å². The highest BCUT2D eigenvalue weighted by Crippen LogP contribution is 2.58. The van der Waals surface area contributed by atoms with Gasteiger partial charge in [-0.1, -0.05) is 54.1 Å². The van der Waals surface area contributed by atoms with Gasteiger partial charge in [0.05, 0.1) is 37.8 Å². The monoisotopic (exact) mass is 450 g/mol. The maximum atomic E-state index is 12.8. The summed E-state index contributed by atoms with van der Waals surface area (Å²) in [7, 11) is 2.24. The second-order valence-corrected chi connectivity index (χ2v) is 7.69. The van der Waals surface area contributed by atoms with Gasteiger partial charge >= 0.3 is 11.9 Å². The molecule has 1 N–H and O–H groups in total. The van der Waals surface area contributed by atoms with Gasteiger partial charge in [0.2, 0.25) is 0 Å². The smallest absolute Gasteiger partial charge is 0.337 e. The number of nitriles is 2. The Balaban J connectivity index is 2.47. The maximum absolute atomic E-state index is 12.8. The van der Waals surface area contributed by atoms with Crippen LogP contribution in [0.2, 0.25) is 5.02 Å². The molecule has 8 heteroatoms. The van der Waals surface area contributed by atoms with E-state index in [1.54, 1.807) is 54.6 Å². The molecule has 2 aromatic rings. The van der Waals surface area contributed by atoms with E-state index in [2.05, 4.69) is 12.1 Å². The SMILES string of the molecule is COC(=O)C1=C(O)[C@@H](C(=O)OC)[C@@H](c2ccc(Cl)cc2)C(C#N)(C#N)[C@@H]1c1ccccc1. The first-order valence-corrected chi connectivity index (χ1v) is 9.96. The van der Waals surface area contributed by atoms with Gasteiger partial charge in [0.1, 0.15) is 11.7 Å². The molecule has 0 heterocycles. The number of benzene rings is 2. The molecular weight excluding hydrogens is 432 g/mol. The lowest BCUT2D eigenvalue weighted by molar-refractivity contribution is -0.147. The molecule has 3 atom stereocenters. The fraction of sp³-hybridized carbons (Fsp3) is 0.250. The molecule has 0 aromatic heterocycles. The van der Waals surface area contributed by atoms with Crippen molar-refractivity contribution in [1.29, 1.82) is 10.5 Å². The highest BCUT2D eigenvalue weighted by Gasteiger charge is 2.61. The van der Waals surface area contributed by atoms with Crippen LogP contribution in [0.5, 0.6) is 0 Å². The Kier molecular flexibility index (Phi) is 6.53. The number of esters is 2. The summed E-state index contributed by atoms with van der Waals surface area (Å²) >= 11 is 6.01. The quantitative estimate of drug-likeness (QED) is 0.698. The van der Waals surface area contributed by atoms with E-state index in [0.717, 1.165) is 14.2 Å². The van der Waals surface area contributed by atoms with Gasteiger partial charge in [-0.25, -0.2) is 4.79 Å². The van der Waals surface area contributed by atoms with E-state index in [9.17, 15) is 25.2 Å². The van der Waals surface area contributed by atoms with E-state index in [0.29, 0.717) is 16.1 Å². The fourth-order valence-electron chi connectivity index (χ4n) is 4.34. The lowest BCUT2D eigenvalue weighted by Crippen LogP contribution is -2.47. The second kappa shape index (κ2) is 9.13. The van der Waals surface area contributed by atoms with Crippen LogP contribution < -0.4 is 0 Å². The minimum absolute atomic E-state index is 0.331. The van der Waals surface area contributed by atoms with Crippen LogP contribution >= 0.6 is 11.6 Å². The molecule has 2 aromatic carbocycles. The third-order valence-electron chi connectivity index (χ3n) is 5.73. The number of halogens is 1. The molecule has 3 rings (SSSR count). The molecule has 0 spiro atoms. The Labute approximate surface area is 190 Å². The average Bonchev–Trinajstić information content (AvgIpc) is 2.83. The van der Waals surface area contributed by atoms with E-state index in [1.165, 1.54) is 0 Å². The zero-order valence-corrected chi connectivity index (χ0v) is 18.0. The summed E-state index contributed by atoms with van der Waals surface area (Å²) in [4.78, 5) is 25.6. The standard InChI is InChI=1S/C24H19ClN2O5/c1-31-22(29)17-19(14-6-4-3-5-7-14)24(12-26,13-27)20(15-8-10-16(25)11-9-15)18(21(17)28)23(30)32-2/h3-11,18-20,28H,1-2H3/t18-,19+,20+/m0/s1. The van der Waals surface area contributed by atoms with E-state index < -0.39 is 40.9 Å². The maximum Gasteiger partial charge on any atom is 0.337 e. The third-order valence-corrected chi connectivity index (χ3v) is 5.98. The number of nitrogens with zero attached hydrogens (tertiary/aromatic N) is 2. The van der Waals surface area contributed by atoms with Crippen molar-refractivity contribution in [2.45, 2.75) is 11.8 Å². The lowest BCUT2D eigenvalue weighted by atomic mass is 9.54. The van der Waals surface area contributed by atoms with E-state index in [1.807, 2.05) is 0 Å². The highest BCUT2D eigenvalue weighted by atomic mass is 35.5. The van der Waals surface area contributed by atoms with E-state index in [4.69, 9.17) is 21.1 Å². The van der Waals surface area contributed by atoms with Crippen molar-refractivity contribution in [3.63, 3.8) is 0 Å². The molecule has 0 radical (unpaired) electrons. The summed E-state index contributed by atoms with van der Waals surface area (Å²) in [5, 5.41) is 32.4. The number of rotatable bonds is 4. The van der Waals surface area contributed by atoms with Gasteiger partial charge in [-0.3, -0.25) is 4.79 Å². The van der Waals surface area contributed by atoms with Gasteiger partial charge in [0, 0.05) is 10.9 Å². The van der Waals surface area contributed by atoms with E-state index in [-0.39, 0.29) is 5.57 Å². The summed E-state index contributed by atoms with van der Waals surface area (Å²) in [6.07, 6.45) is 0. The van der Waals surface area contributed by atoms with Crippen LogP contribution in [0.15, 0.2) is 65.9 Å². The van der Waals surface area contributed by atoms with Crippen LogP contribution in [0.4, 0.5) is 0 Å². The molecule has 0 aliphatic heterocycles.